The molecular formula is C22H28N4O2. The Morgan fingerprint density at radius 1 is 1.21 bits per heavy atom. The summed E-state index contributed by atoms with van der Waals surface area (Å²) in [5.74, 6) is 1.85. The van der Waals surface area contributed by atoms with Gasteiger partial charge in [0.25, 0.3) is 0 Å². The van der Waals surface area contributed by atoms with E-state index in [0.29, 0.717) is 13.0 Å². The quantitative estimate of drug-likeness (QED) is 0.392. The Morgan fingerprint density at radius 3 is 2.89 bits per heavy atom. The lowest BCUT2D eigenvalue weighted by Crippen LogP contribution is -2.41. The van der Waals surface area contributed by atoms with Crippen molar-refractivity contribution in [2.45, 2.75) is 25.2 Å². The molecule has 0 bridgehead atoms. The van der Waals surface area contributed by atoms with E-state index < -0.39 is 0 Å². The van der Waals surface area contributed by atoms with Gasteiger partial charge in [0.15, 0.2) is 5.96 Å². The number of aryl methyl sites for hydroxylation is 1. The fourth-order valence-electron chi connectivity index (χ4n) is 3.45. The van der Waals surface area contributed by atoms with Crippen LogP contribution in [0.3, 0.4) is 0 Å². The van der Waals surface area contributed by atoms with Crippen molar-refractivity contribution >= 4 is 17.6 Å². The maximum atomic E-state index is 11.9. The first-order valence-electron chi connectivity index (χ1n) is 9.66. The predicted molar refractivity (Wildman–Crippen MR) is 113 cm³/mol. The highest BCUT2D eigenvalue weighted by Crippen LogP contribution is 2.31. The van der Waals surface area contributed by atoms with E-state index in [4.69, 9.17) is 4.74 Å². The molecule has 0 aromatic heterocycles. The summed E-state index contributed by atoms with van der Waals surface area (Å²) in [6.45, 7) is 1.48. The van der Waals surface area contributed by atoms with Crippen LogP contribution in [0.25, 0.3) is 0 Å². The molecule has 0 saturated heterocycles. The zero-order valence-electron chi connectivity index (χ0n) is 16.5. The summed E-state index contributed by atoms with van der Waals surface area (Å²) in [6, 6.07) is 16.1. The molecule has 3 N–H and O–H groups in total. The summed E-state index contributed by atoms with van der Waals surface area (Å²) >= 11 is 0. The van der Waals surface area contributed by atoms with E-state index in [-0.39, 0.29) is 11.8 Å². The Labute approximate surface area is 166 Å². The van der Waals surface area contributed by atoms with Gasteiger partial charge < -0.3 is 20.7 Å². The maximum absolute atomic E-state index is 11.9. The Morgan fingerprint density at radius 2 is 2.07 bits per heavy atom. The van der Waals surface area contributed by atoms with E-state index in [1.165, 1.54) is 11.1 Å². The van der Waals surface area contributed by atoms with E-state index in [1.807, 2.05) is 30.3 Å². The van der Waals surface area contributed by atoms with Crippen molar-refractivity contribution in [2.24, 2.45) is 4.99 Å². The number of hydrogen-bond acceptors (Lipinski definition) is 3. The topological polar surface area (TPSA) is 74.8 Å². The fraction of sp³-hybridized carbons (Fsp3) is 0.364. The van der Waals surface area contributed by atoms with Crippen molar-refractivity contribution in [3.63, 3.8) is 0 Å². The molecule has 0 radical (unpaired) electrons. The first-order valence-corrected chi connectivity index (χ1v) is 9.66. The lowest BCUT2D eigenvalue weighted by molar-refractivity contribution is -0.116. The lowest BCUT2D eigenvalue weighted by Gasteiger charge is -2.26. The molecule has 148 valence electrons. The van der Waals surface area contributed by atoms with Crippen LogP contribution in [0.5, 0.6) is 5.75 Å². The number of nitrogens with zero attached hydrogens (tertiary/aromatic N) is 1. The minimum absolute atomic E-state index is 0.0618. The Balaban J connectivity index is 1.46. The number of benzene rings is 2. The highest BCUT2D eigenvalue weighted by molar-refractivity contribution is 5.94. The van der Waals surface area contributed by atoms with Crippen molar-refractivity contribution in [1.82, 2.24) is 10.6 Å². The summed E-state index contributed by atoms with van der Waals surface area (Å²) in [5.41, 5.74) is 3.34. The molecule has 1 unspecified atom stereocenters. The van der Waals surface area contributed by atoms with Gasteiger partial charge in [0, 0.05) is 38.2 Å². The van der Waals surface area contributed by atoms with Gasteiger partial charge in [-0.25, -0.2) is 0 Å². The van der Waals surface area contributed by atoms with Crippen molar-refractivity contribution < 1.29 is 9.53 Å². The minimum Gasteiger partial charge on any atom is -0.497 e. The second kappa shape index (κ2) is 9.78. The number of aliphatic imine (C=N–C) groups is 1. The number of fused-ring (bicyclic) bond motifs is 1. The van der Waals surface area contributed by atoms with Gasteiger partial charge in [-0.1, -0.05) is 30.3 Å². The van der Waals surface area contributed by atoms with Gasteiger partial charge >= 0.3 is 0 Å². The zero-order valence-corrected chi connectivity index (χ0v) is 16.5. The summed E-state index contributed by atoms with van der Waals surface area (Å²) in [5, 5.41) is 9.64. The van der Waals surface area contributed by atoms with Crippen LogP contribution in [0.2, 0.25) is 0 Å². The van der Waals surface area contributed by atoms with Crippen LogP contribution in [0.1, 0.15) is 29.9 Å². The Kier molecular flexibility index (Phi) is 6.89. The number of rotatable bonds is 7. The van der Waals surface area contributed by atoms with Gasteiger partial charge in [-0.15, -0.1) is 0 Å². The standard InChI is InChI=1S/C22H28N4O2/c1-23-22(24-12-6-8-16-7-5-9-18(13-16)28-2)25-15-17-14-21(27)26-20-11-4-3-10-19(17)20/h3-5,7,9-11,13,17H,6,8,12,14-15H2,1-2H3,(H,26,27)(H2,23,24,25). The molecule has 6 heteroatoms. The molecular weight excluding hydrogens is 352 g/mol. The molecule has 3 rings (SSSR count). The van der Waals surface area contributed by atoms with Crippen molar-refractivity contribution in [2.75, 3.05) is 32.6 Å². The zero-order chi connectivity index (χ0) is 19.8. The molecule has 1 atom stereocenters. The molecule has 1 heterocycles. The van der Waals surface area contributed by atoms with Crippen LogP contribution in [0.4, 0.5) is 5.69 Å². The number of amides is 1. The highest BCUT2D eigenvalue weighted by atomic mass is 16.5. The molecule has 1 aliphatic rings. The van der Waals surface area contributed by atoms with Crippen LogP contribution in [-0.2, 0) is 11.2 Å². The third kappa shape index (κ3) is 5.25. The monoisotopic (exact) mass is 380 g/mol. The minimum atomic E-state index is 0.0618. The molecule has 0 fully saturated rings. The normalized spacial score (nSPS) is 16.1. The van der Waals surface area contributed by atoms with Crippen LogP contribution in [0.15, 0.2) is 53.5 Å². The molecule has 1 aliphatic heterocycles. The van der Waals surface area contributed by atoms with Gasteiger partial charge in [-0.2, -0.15) is 0 Å². The highest BCUT2D eigenvalue weighted by Gasteiger charge is 2.24. The average molecular weight is 380 g/mol. The first-order chi connectivity index (χ1) is 13.7. The van der Waals surface area contributed by atoms with Gasteiger partial charge in [0.1, 0.15) is 5.75 Å². The van der Waals surface area contributed by atoms with E-state index >= 15 is 0 Å². The number of ether oxygens (including phenoxy) is 1. The number of hydrogen-bond donors (Lipinski definition) is 3. The third-order valence-corrected chi connectivity index (χ3v) is 4.91. The van der Waals surface area contributed by atoms with Crippen LogP contribution in [-0.4, -0.2) is 39.1 Å². The molecule has 28 heavy (non-hydrogen) atoms. The molecule has 2 aromatic rings. The van der Waals surface area contributed by atoms with Crippen LogP contribution >= 0.6 is 0 Å². The second-order valence-electron chi connectivity index (χ2n) is 6.87. The van der Waals surface area contributed by atoms with E-state index in [9.17, 15) is 4.79 Å². The summed E-state index contributed by atoms with van der Waals surface area (Å²) in [4.78, 5) is 16.2. The number of methoxy groups -OCH3 is 1. The van der Waals surface area contributed by atoms with Crippen LogP contribution in [0, 0.1) is 0 Å². The van der Waals surface area contributed by atoms with E-state index in [0.717, 1.165) is 36.8 Å². The number of anilines is 1. The molecule has 2 aromatic carbocycles. The maximum Gasteiger partial charge on any atom is 0.225 e. The Hall–Kier alpha value is -3.02. The largest absolute Gasteiger partial charge is 0.497 e. The number of guanidine groups is 1. The number of carbonyl (C=O) groups excluding carboxylic acids is 1. The third-order valence-electron chi connectivity index (χ3n) is 4.91. The molecule has 0 spiro atoms. The lowest BCUT2D eigenvalue weighted by atomic mass is 9.90. The number of para-hydroxylation sites is 1. The number of nitrogens with one attached hydrogen (secondary N) is 3. The van der Waals surface area contributed by atoms with E-state index in [1.54, 1.807) is 14.2 Å². The van der Waals surface area contributed by atoms with Crippen molar-refractivity contribution in [1.29, 1.82) is 0 Å². The molecule has 1 amide bonds. The molecule has 6 nitrogen and oxygen atoms in total. The predicted octanol–water partition coefficient (Wildman–Crippen LogP) is 2.92. The van der Waals surface area contributed by atoms with Crippen LogP contribution < -0.4 is 20.7 Å². The van der Waals surface area contributed by atoms with Gasteiger partial charge in [-0.3, -0.25) is 9.79 Å². The van der Waals surface area contributed by atoms with Crippen molar-refractivity contribution in [3.05, 3.63) is 59.7 Å². The SMILES string of the molecule is CN=C(NCCCc1cccc(OC)c1)NCC1CC(=O)Nc2ccccc21. The van der Waals surface area contributed by atoms with Gasteiger partial charge in [-0.05, 0) is 42.2 Å². The molecule has 0 aliphatic carbocycles. The number of carbonyl (C=O) groups is 1. The molecule has 0 saturated carbocycles. The smallest absolute Gasteiger partial charge is 0.225 e. The van der Waals surface area contributed by atoms with Gasteiger partial charge in [0.05, 0.1) is 7.11 Å². The summed E-state index contributed by atoms with van der Waals surface area (Å²) in [7, 11) is 3.45. The second-order valence-corrected chi connectivity index (χ2v) is 6.87. The summed E-state index contributed by atoms with van der Waals surface area (Å²) in [6.07, 6.45) is 2.44. The van der Waals surface area contributed by atoms with Crippen molar-refractivity contribution in [3.8, 4) is 5.75 Å². The Bertz CT molecular complexity index is 835. The fourth-order valence-corrected chi connectivity index (χ4v) is 3.45. The first kappa shape index (κ1) is 19.7. The summed E-state index contributed by atoms with van der Waals surface area (Å²) < 4.78 is 5.27. The van der Waals surface area contributed by atoms with E-state index in [2.05, 4.69) is 39.1 Å². The van der Waals surface area contributed by atoms with Gasteiger partial charge in [0.2, 0.25) is 5.91 Å². The average Bonchev–Trinajstić information content (AvgIpc) is 2.73.